The molecule has 0 fully saturated rings. The monoisotopic (exact) mass is 363 g/mol. The minimum Gasteiger partial charge on any atom is -0.321 e. The number of amides is 1. The van der Waals surface area contributed by atoms with Crippen LogP contribution in [0.5, 0.6) is 0 Å². The van der Waals surface area contributed by atoms with Gasteiger partial charge in [-0.3, -0.25) is 4.79 Å². The van der Waals surface area contributed by atoms with Crippen molar-refractivity contribution in [1.29, 1.82) is 0 Å². The Balaban J connectivity index is 1.87. The molecule has 2 heterocycles. The lowest BCUT2D eigenvalue weighted by Crippen LogP contribution is -2.12. The maximum atomic E-state index is 12.1. The Labute approximate surface area is 123 Å². The average molecular weight is 363 g/mol. The second kappa shape index (κ2) is 5.00. The topological polar surface area (TPSA) is 46.4 Å². The van der Waals surface area contributed by atoms with Gasteiger partial charge in [0.05, 0.1) is 0 Å². The fourth-order valence-corrected chi connectivity index (χ4v) is 2.35. The summed E-state index contributed by atoms with van der Waals surface area (Å²) in [5.74, 6) is -0.203. The molecule has 94 valence electrons. The third-order valence-corrected chi connectivity index (χ3v) is 3.35. The summed E-state index contributed by atoms with van der Waals surface area (Å²) >= 11 is 2.21. The van der Waals surface area contributed by atoms with E-state index in [1.807, 2.05) is 53.1 Å². The van der Waals surface area contributed by atoms with Crippen LogP contribution in [0.2, 0.25) is 0 Å². The number of fused-ring (bicyclic) bond motifs is 1. The van der Waals surface area contributed by atoms with Gasteiger partial charge in [-0.25, -0.2) is 4.98 Å². The van der Waals surface area contributed by atoms with Gasteiger partial charge in [-0.1, -0.05) is 12.1 Å². The number of nitrogens with one attached hydrogen (secondary N) is 1. The van der Waals surface area contributed by atoms with E-state index in [0.29, 0.717) is 5.69 Å². The number of hydrogen-bond acceptors (Lipinski definition) is 2. The first-order chi connectivity index (χ1) is 9.22. The van der Waals surface area contributed by atoms with Crippen molar-refractivity contribution in [3.63, 3.8) is 0 Å². The summed E-state index contributed by atoms with van der Waals surface area (Å²) in [6.07, 6.45) is 3.59. The zero-order valence-electron chi connectivity index (χ0n) is 9.88. The summed E-state index contributed by atoms with van der Waals surface area (Å²) in [5, 5.41) is 2.84. The van der Waals surface area contributed by atoms with Gasteiger partial charge in [-0.15, -0.1) is 0 Å². The van der Waals surface area contributed by atoms with E-state index >= 15 is 0 Å². The number of rotatable bonds is 2. The largest absolute Gasteiger partial charge is 0.321 e. The summed E-state index contributed by atoms with van der Waals surface area (Å²) in [5.41, 5.74) is 1.94. The number of imidazole rings is 1. The lowest BCUT2D eigenvalue weighted by molar-refractivity contribution is 0.102. The molecule has 0 aliphatic heterocycles. The molecule has 3 aromatic rings. The van der Waals surface area contributed by atoms with Crippen LogP contribution in [0.4, 0.5) is 5.69 Å². The molecule has 1 aromatic carbocycles. The zero-order valence-corrected chi connectivity index (χ0v) is 12.0. The Morgan fingerprint density at radius 1 is 1.21 bits per heavy atom. The van der Waals surface area contributed by atoms with Crippen molar-refractivity contribution in [2.24, 2.45) is 0 Å². The van der Waals surface area contributed by atoms with Crippen molar-refractivity contribution < 1.29 is 4.79 Å². The van der Waals surface area contributed by atoms with Crippen LogP contribution in [0.3, 0.4) is 0 Å². The molecule has 0 spiro atoms. The third-order valence-electron chi connectivity index (χ3n) is 2.68. The maximum absolute atomic E-state index is 12.1. The Morgan fingerprint density at radius 2 is 2.11 bits per heavy atom. The molecule has 1 N–H and O–H groups in total. The molecule has 4 nitrogen and oxygen atoms in total. The number of anilines is 1. The van der Waals surface area contributed by atoms with Crippen LogP contribution in [-0.4, -0.2) is 15.3 Å². The van der Waals surface area contributed by atoms with Gasteiger partial charge in [0.15, 0.2) is 0 Å². The highest BCUT2D eigenvalue weighted by Gasteiger charge is 2.10. The van der Waals surface area contributed by atoms with Crippen LogP contribution in [0.15, 0.2) is 54.9 Å². The third kappa shape index (κ3) is 2.60. The highest BCUT2D eigenvalue weighted by molar-refractivity contribution is 14.1. The highest BCUT2D eigenvalue weighted by Crippen LogP contribution is 2.14. The van der Waals surface area contributed by atoms with Gasteiger partial charge in [-0.05, 0) is 52.9 Å². The molecule has 0 aliphatic carbocycles. The highest BCUT2D eigenvalue weighted by atomic mass is 127. The molecule has 3 rings (SSSR count). The number of hydrogen-bond donors (Lipinski definition) is 1. The fraction of sp³-hybridized carbons (Fsp3) is 0. The number of carbonyl (C=O) groups excluding carboxylic acids is 1. The van der Waals surface area contributed by atoms with E-state index in [9.17, 15) is 4.79 Å². The van der Waals surface area contributed by atoms with Gasteiger partial charge in [-0.2, -0.15) is 0 Å². The van der Waals surface area contributed by atoms with E-state index in [4.69, 9.17) is 0 Å². The van der Waals surface area contributed by atoms with E-state index in [1.54, 1.807) is 6.20 Å². The first-order valence-electron chi connectivity index (χ1n) is 5.73. The molecular formula is C14H10IN3O. The minimum absolute atomic E-state index is 0.203. The Kier molecular flexibility index (Phi) is 3.20. The molecule has 0 saturated carbocycles. The second-order valence-corrected chi connectivity index (χ2v) is 5.30. The summed E-state index contributed by atoms with van der Waals surface area (Å²) in [6, 6.07) is 13.3. The lowest BCUT2D eigenvalue weighted by atomic mass is 10.3. The predicted octanol–water partition coefficient (Wildman–Crippen LogP) is 3.19. The summed E-state index contributed by atoms with van der Waals surface area (Å²) < 4.78 is 2.90. The zero-order chi connectivity index (χ0) is 13.2. The van der Waals surface area contributed by atoms with Gasteiger partial charge in [0, 0.05) is 21.7 Å². The first kappa shape index (κ1) is 12.2. The molecule has 2 aromatic heterocycles. The summed E-state index contributed by atoms with van der Waals surface area (Å²) in [4.78, 5) is 16.4. The quantitative estimate of drug-likeness (QED) is 0.711. The van der Waals surface area contributed by atoms with Crippen LogP contribution in [0.1, 0.15) is 10.5 Å². The smallest absolute Gasteiger partial charge is 0.275 e. The van der Waals surface area contributed by atoms with Crippen LogP contribution in [0, 0.1) is 3.57 Å². The molecular weight excluding hydrogens is 353 g/mol. The minimum atomic E-state index is -0.203. The molecule has 1 amide bonds. The van der Waals surface area contributed by atoms with Crippen LogP contribution < -0.4 is 5.32 Å². The maximum Gasteiger partial charge on any atom is 0.275 e. The fourth-order valence-electron chi connectivity index (χ4n) is 1.81. The molecule has 0 aliphatic rings. The van der Waals surface area contributed by atoms with Gasteiger partial charge >= 0.3 is 0 Å². The van der Waals surface area contributed by atoms with Gasteiger partial charge in [0.1, 0.15) is 11.3 Å². The molecule has 0 saturated heterocycles. The van der Waals surface area contributed by atoms with Gasteiger partial charge in [0.25, 0.3) is 5.91 Å². The first-order valence-corrected chi connectivity index (χ1v) is 6.81. The van der Waals surface area contributed by atoms with Crippen molar-refractivity contribution in [3.8, 4) is 0 Å². The van der Waals surface area contributed by atoms with E-state index in [-0.39, 0.29) is 5.91 Å². The Hall–Kier alpha value is -1.89. The second-order valence-electron chi connectivity index (χ2n) is 4.06. The number of nitrogens with zero attached hydrogens (tertiary/aromatic N) is 2. The van der Waals surface area contributed by atoms with E-state index in [2.05, 4.69) is 32.9 Å². The van der Waals surface area contributed by atoms with Crippen molar-refractivity contribution >= 4 is 39.8 Å². The van der Waals surface area contributed by atoms with Crippen molar-refractivity contribution in [2.45, 2.75) is 0 Å². The van der Waals surface area contributed by atoms with Crippen molar-refractivity contribution in [3.05, 3.63) is 64.1 Å². The van der Waals surface area contributed by atoms with Crippen LogP contribution in [-0.2, 0) is 0 Å². The number of pyridine rings is 1. The number of aromatic nitrogens is 2. The van der Waals surface area contributed by atoms with Crippen molar-refractivity contribution in [2.75, 3.05) is 5.32 Å². The number of halogens is 1. The van der Waals surface area contributed by atoms with Gasteiger partial charge < -0.3 is 9.72 Å². The van der Waals surface area contributed by atoms with E-state index in [0.717, 1.165) is 14.9 Å². The normalized spacial score (nSPS) is 10.6. The molecule has 0 radical (unpaired) electrons. The summed E-state index contributed by atoms with van der Waals surface area (Å²) in [7, 11) is 0. The average Bonchev–Trinajstić information content (AvgIpc) is 2.82. The molecule has 5 heteroatoms. The van der Waals surface area contributed by atoms with E-state index in [1.165, 1.54) is 0 Å². The SMILES string of the molecule is O=C(Nc1cccc(I)c1)c1cn2ccccc2n1. The molecule has 0 atom stereocenters. The molecule has 0 bridgehead atoms. The summed E-state index contributed by atoms with van der Waals surface area (Å²) in [6.45, 7) is 0. The van der Waals surface area contributed by atoms with Crippen LogP contribution in [0.25, 0.3) is 5.65 Å². The molecule has 0 unspecified atom stereocenters. The number of benzene rings is 1. The van der Waals surface area contributed by atoms with Gasteiger partial charge in [0.2, 0.25) is 0 Å². The lowest BCUT2D eigenvalue weighted by Gasteiger charge is -2.02. The number of carbonyl (C=O) groups is 1. The molecule has 19 heavy (non-hydrogen) atoms. The van der Waals surface area contributed by atoms with Crippen molar-refractivity contribution in [1.82, 2.24) is 9.38 Å². The van der Waals surface area contributed by atoms with E-state index < -0.39 is 0 Å². The Bertz CT molecular complexity index is 718. The Morgan fingerprint density at radius 3 is 2.89 bits per heavy atom. The predicted molar refractivity (Wildman–Crippen MR) is 82.3 cm³/mol. The van der Waals surface area contributed by atoms with Crippen LogP contribution >= 0.6 is 22.6 Å². The standard InChI is InChI=1S/C14H10IN3O/c15-10-4-3-5-11(8-10)16-14(19)12-9-18-7-2-1-6-13(18)17-12/h1-9H,(H,16,19).